The first-order valence-corrected chi connectivity index (χ1v) is 10.2. The van der Waals surface area contributed by atoms with E-state index in [0.29, 0.717) is 18.3 Å². The van der Waals surface area contributed by atoms with Crippen molar-refractivity contribution in [2.75, 3.05) is 7.11 Å². The molecule has 148 valence electrons. The number of benzene rings is 1. The van der Waals surface area contributed by atoms with Crippen LogP contribution in [-0.2, 0) is 18.8 Å². The molecule has 0 aromatic heterocycles. The number of carbonyl (C=O) groups excluding carboxylic acids is 1. The summed E-state index contributed by atoms with van der Waals surface area (Å²) in [6, 6.07) is 8.78. The van der Waals surface area contributed by atoms with Crippen LogP contribution in [0.1, 0.15) is 77.7 Å². The first-order chi connectivity index (χ1) is 12.7. The fraction of sp³-hybridized carbons (Fsp3) is 0.682. The molecule has 1 heterocycles. The van der Waals surface area contributed by atoms with Crippen LogP contribution in [0, 0.1) is 5.92 Å². The van der Waals surface area contributed by atoms with E-state index < -0.39 is 0 Å². The van der Waals surface area contributed by atoms with Crippen LogP contribution >= 0.6 is 0 Å². The molecule has 1 saturated heterocycles. The van der Waals surface area contributed by atoms with Gasteiger partial charge in [0, 0.05) is 6.42 Å². The Hall–Kier alpha value is -1.33. The third-order valence-corrected chi connectivity index (χ3v) is 6.76. The summed E-state index contributed by atoms with van der Waals surface area (Å²) in [6.45, 7) is 8.33. The van der Waals surface area contributed by atoms with Gasteiger partial charge in [-0.2, -0.15) is 0 Å². The highest BCUT2D eigenvalue weighted by atomic mass is 16.7. The van der Waals surface area contributed by atoms with E-state index in [1.165, 1.54) is 38.4 Å². The predicted molar refractivity (Wildman–Crippen MR) is 108 cm³/mol. The highest BCUT2D eigenvalue weighted by Gasteiger charge is 2.51. The van der Waals surface area contributed by atoms with Gasteiger partial charge in [0.2, 0.25) is 0 Å². The van der Waals surface area contributed by atoms with Crippen molar-refractivity contribution in [3.05, 3.63) is 29.8 Å². The van der Waals surface area contributed by atoms with Gasteiger partial charge in [-0.15, -0.1) is 0 Å². The van der Waals surface area contributed by atoms with E-state index in [0.717, 1.165) is 11.9 Å². The zero-order valence-corrected chi connectivity index (χ0v) is 17.4. The maximum Gasteiger partial charge on any atom is 0.494 e. The number of hydrogen-bond acceptors (Lipinski definition) is 4. The monoisotopic (exact) mass is 372 g/mol. The fourth-order valence-corrected chi connectivity index (χ4v) is 4.11. The van der Waals surface area contributed by atoms with Crippen LogP contribution in [0.25, 0.3) is 0 Å². The molecule has 1 aromatic carbocycles. The number of carbonyl (C=O) groups is 1. The van der Waals surface area contributed by atoms with E-state index in [9.17, 15) is 4.79 Å². The summed E-state index contributed by atoms with van der Waals surface area (Å²) >= 11 is 0. The number of ether oxygens (including phenoxy) is 1. The fourth-order valence-electron chi connectivity index (χ4n) is 4.11. The molecule has 1 saturated carbocycles. The molecule has 0 atom stereocenters. The number of esters is 1. The molecule has 0 radical (unpaired) electrons. The highest BCUT2D eigenvalue weighted by Crippen LogP contribution is 2.38. The van der Waals surface area contributed by atoms with Gasteiger partial charge in [-0.3, -0.25) is 4.79 Å². The van der Waals surface area contributed by atoms with E-state index in [-0.39, 0.29) is 24.3 Å². The Labute approximate surface area is 164 Å². The lowest BCUT2D eigenvalue weighted by Crippen LogP contribution is -2.41. The van der Waals surface area contributed by atoms with Crippen LogP contribution in [0.5, 0.6) is 0 Å². The van der Waals surface area contributed by atoms with Crippen LogP contribution in [-0.4, -0.2) is 31.4 Å². The minimum atomic E-state index is -0.307. The highest BCUT2D eigenvalue weighted by molar-refractivity contribution is 6.62. The van der Waals surface area contributed by atoms with Gasteiger partial charge in [0.05, 0.1) is 18.3 Å². The molecule has 0 bridgehead atoms. The smallest absolute Gasteiger partial charge is 0.469 e. The summed E-state index contributed by atoms with van der Waals surface area (Å²) in [7, 11) is 1.17. The van der Waals surface area contributed by atoms with Gasteiger partial charge in [0.25, 0.3) is 0 Å². The SMILES string of the molecule is COC(=O)CCC1CCC(c2ccc(B3OC(C)(C)C(C)(C)O3)cc2)CC1. The Morgan fingerprint density at radius 3 is 2.11 bits per heavy atom. The third kappa shape index (κ3) is 4.57. The van der Waals surface area contributed by atoms with Crippen LogP contribution in [0.4, 0.5) is 0 Å². The maximum atomic E-state index is 11.3. The van der Waals surface area contributed by atoms with E-state index in [4.69, 9.17) is 14.0 Å². The summed E-state index contributed by atoms with van der Waals surface area (Å²) in [5.41, 5.74) is 1.88. The second kappa shape index (κ2) is 7.96. The topological polar surface area (TPSA) is 44.8 Å². The van der Waals surface area contributed by atoms with E-state index in [1.807, 2.05) is 0 Å². The second-order valence-electron chi connectivity index (χ2n) is 9.09. The van der Waals surface area contributed by atoms with Gasteiger partial charge in [-0.1, -0.05) is 24.3 Å². The van der Waals surface area contributed by atoms with Gasteiger partial charge >= 0.3 is 13.1 Å². The molecular weight excluding hydrogens is 339 g/mol. The van der Waals surface area contributed by atoms with Crippen LogP contribution in [0.2, 0.25) is 0 Å². The molecule has 2 aliphatic rings. The van der Waals surface area contributed by atoms with Gasteiger partial charge in [-0.05, 0) is 82.7 Å². The molecule has 4 nitrogen and oxygen atoms in total. The van der Waals surface area contributed by atoms with E-state index >= 15 is 0 Å². The van der Waals surface area contributed by atoms with Gasteiger partial charge < -0.3 is 14.0 Å². The molecule has 0 spiro atoms. The Morgan fingerprint density at radius 2 is 1.59 bits per heavy atom. The van der Waals surface area contributed by atoms with Crippen molar-refractivity contribution in [2.24, 2.45) is 5.92 Å². The molecule has 1 aliphatic carbocycles. The lowest BCUT2D eigenvalue weighted by atomic mass is 9.75. The Bertz CT molecular complexity index is 629. The van der Waals surface area contributed by atoms with Crippen LogP contribution < -0.4 is 5.46 Å². The molecule has 0 unspecified atom stereocenters. The molecule has 0 N–H and O–H groups in total. The first-order valence-electron chi connectivity index (χ1n) is 10.2. The lowest BCUT2D eigenvalue weighted by Gasteiger charge is -2.32. The van der Waals surface area contributed by atoms with Gasteiger partial charge in [0.1, 0.15) is 0 Å². The molecule has 0 amide bonds. The van der Waals surface area contributed by atoms with Crippen molar-refractivity contribution in [1.82, 2.24) is 0 Å². The first kappa shape index (κ1) is 20.4. The largest absolute Gasteiger partial charge is 0.494 e. The van der Waals surface area contributed by atoms with E-state index in [1.54, 1.807) is 0 Å². The van der Waals surface area contributed by atoms with Crippen molar-refractivity contribution in [3.8, 4) is 0 Å². The van der Waals surface area contributed by atoms with Crippen molar-refractivity contribution in [1.29, 1.82) is 0 Å². The molecule has 5 heteroatoms. The van der Waals surface area contributed by atoms with Crippen molar-refractivity contribution in [2.45, 2.75) is 83.3 Å². The summed E-state index contributed by atoms with van der Waals surface area (Å²) in [4.78, 5) is 11.3. The van der Waals surface area contributed by atoms with Crippen molar-refractivity contribution < 1.29 is 18.8 Å². The van der Waals surface area contributed by atoms with Crippen molar-refractivity contribution in [3.63, 3.8) is 0 Å². The number of methoxy groups -OCH3 is 1. The summed E-state index contributed by atoms with van der Waals surface area (Å²) in [5, 5.41) is 0. The Morgan fingerprint density at radius 1 is 1.04 bits per heavy atom. The van der Waals surface area contributed by atoms with Crippen LogP contribution in [0.15, 0.2) is 24.3 Å². The lowest BCUT2D eigenvalue weighted by molar-refractivity contribution is -0.141. The van der Waals surface area contributed by atoms with Gasteiger partial charge in [-0.25, -0.2) is 0 Å². The molecule has 27 heavy (non-hydrogen) atoms. The third-order valence-electron chi connectivity index (χ3n) is 6.76. The molecule has 1 aliphatic heterocycles. The zero-order chi connectivity index (χ0) is 19.7. The predicted octanol–water partition coefficient (Wildman–Crippen LogP) is 4.21. The minimum absolute atomic E-state index is 0.0876. The second-order valence-corrected chi connectivity index (χ2v) is 9.09. The summed E-state index contributed by atoms with van der Waals surface area (Å²) in [5.74, 6) is 1.19. The summed E-state index contributed by atoms with van der Waals surface area (Å²) in [6.07, 6.45) is 6.29. The molecule has 2 fully saturated rings. The molecule has 3 rings (SSSR count). The average Bonchev–Trinajstić information content (AvgIpc) is 2.87. The number of rotatable bonds is 5. The average molecular weight is 372 g/mol. The van der Waals surface area contributed by atoms with Crippen LogP contribution in [0.3, 0.4) is 0 Å². The quantitative estimate of drug-likeness (QED) is 0.574. The summed E-state index contributed by atoms with van der Waals surface area (Å²) < 4.78 is 17.0. The van der Waals surface area contributed by atoms with Crippen molar-refractivity contribution >= 4 is 18.6 Å². The molecular formula is C22H33BO4. The number of hydrogen-bond donors (Lipinski definition) is 0. The molecule has 1 aromatic rings. The van der Waals surface area contributed by atoms with E-state index in [2.05, 4.69) is 52.0 Å². The normalized spacial score (nSPS) is 26.8. The standard InChI is InChI=1S/C22H33BO4/c1-21(2)22(3,4)27-23(26-21)19-13-11-18(12-14-19)17-9-6-16(7-10-17)8-15-20(24)25-5/h11-14,16-17H,6-10,15H2,1-5H3. The minimum Gasteiger partial charge on any atom is -0.469 e. The Kier molecular flexibility index (Phi) is 6.02. The zero-order valence-electron chi connectivity index (χ0n) is 17.4. The Balaban J connectivity index is 1.54. The van der Waals surface area contributed by atoms with Gasteiger partial charge in [0.15, 0.2) is 0 Å². The maximum absolute atomic E-state index is 11.3.